The molecule has 9 heteroatoms. The van der Waals surface area contributed by atoms with E-state index in [1.165, 1.54) is 24.1 Å². The molecule has 0 bridgehead atoms. The van der Waals surface area contributed by atoms with E-state index in [4.69, 9.17) is 4.99 Å². The van der Waals surface area contributed by atoms with E-state index >= 15 is 0 Å². The van der Waals surface area contributed by atoms with E-state index in [0.717, 1.165) is 44.4 Å². The molecule has 2 saturated heterocycles. The van der Waals surface area contributed by atoms with E-state index in [-0.39, 0.29) is 35.8 Å². The lowest BCUT2D eigenvalue weighted by Crippen LogP contribution is -2.50. The molecule has 0 saturated carbocycles. The average Bonchev–Trinajstić information content (AvgIpc) is 2.79. The van der Waals surface area contributed by atoms with Gasteiger partial charge in [-0.2, -0.15) is 0 Å². The summed E-state index contributed by atoms with van der Waals surface area (Å²) in [6, 6.07) is 9.02. The van der Waals surface area contributed by atoms with Gasteiger partial charge in [0.25, 0.3) is 0 Å². The van der Waals surface area contributed by atoms with Crippen LogP contribution in [0.1, 0.15) is 52.0 Å². The predicted octanol–water partition coefficient (Wildman–Crippen LogP) is 3.41. The maximum Gasteiger partial charge on any atom is 0.213 e. The highest BCUT2D eigenvalue weighted by atomic mass is 127. The topological polar surface area (TPSA) is 77.0 Å². The lowest BCUT2D eigenvalue weighted by molar-refractivity contribution is 0.306. The van der Waals surface area contributed by atoms with Gasteiger partial charge in [0.2, 0.25) is 10.0 Å². The molecule has 0 radical (unpaired) electrons. The number of piperidine rings is 2. The minimum absolute atomic E-state index is 0. The number of guanidine groups is 1. The summed E-state index contributed by atoms with van der Waals surface area (Å²) in [5, 5.41) is 6.81. The van der Waals surface area contributed by atoms with Crippen molar-refractivity contribution in [3.05, 3.63) is 29.8 Å². The Kier molecular flexibility index (Phi) is 11.0. The van der Waals surface area contributed by atoms with Crippen LogP contribution in [0.15, 0.2) is 29.3 Å². The minimum atomic E-state index is -3.09. The summed E-state index contributed by atoms with van der Waals surface area (Å²) in [5.41, 5.74) is 2.49. The summed E-state index contributed by atoms with van der Waals surface area (Å²) in [4.78, 5) is 7.24. The van der Waals surface area contributed by atoms with Gasteiger partial charge in [-0.05, 0) is 63.1 Å². The molecule has 1 aromatic carbocycles. The van der Waals surface area contributed by atoms with Crippen molar-refractivity contribution in [3.63, 3.8) is 0 Å². The zero-order chi connectivity index (χ0) is 22.3. The summed E-state index contributed by atoms with van der Waals surface area (Å²) in [7, 11) is -3.09. The number of hydrogen-bond acceptors (Lipinski definition) is 4. The molecule has 7 nitrogen and oxygen atoms in total. The standard InChI is InChI=1S/C23H39N5O2S.HI/c1-4-24-23(26-21-12-16-28(17-13-21)31(29,30)5-2)25-18-20-6-8-22(9-7-20)27-14-10-19(3)11-15-27;/h6-9,19,21H,4-5,10-18H2,1-3H3,(H2,24,25,26);1H. The first-order valence-corrected chi connectivity index (χ1v) is 13.4. The van der Waals surface area contributed by atoms with E-state index in [2.05, 4.69) is 53.6 Å². The molecular weight excluding hydrogens is 537 g/mol. The zero-order valence-electron chi connectivity index (χ0n) is 19.7. The van der Waals surface area contributed by atoms with Crippen molar-refractivity contribution < 1.29 is 8.42 Å². The van der Waals surface area contributed by atoms with Crippen molar-refractivity contribution in [2.24, 2.45) is 10.9 Å². The SMILES string of the molecule is CCNC(=NCc1ccc(N2CCC(C)CC2)cc1)NC1CCN(S(=O)(=O)CC)CC1.I. The molecule has 3 rings (SSSR count). The summed E-state index contributed by atoms with van der Waals surface area (Å²) in [6.07, 6.45) is 4.14. The van der Waals surface area contributed by atoms with Gasteiger partial charge in [0, 0.05) is 44.5 Å². The summed E-state index contributed by atoms with van der Waals surface area (Å²) < 4.78 is 25.7. The molecule has 0 amide bonds. The van der Waals surface area contributed by atoms with Gasteiger partial charge in [0.1, 0.15) is 0 Å². The van der Waals surface area contributed by atoms with E-state index in [1.54, 1.807) is 11.2 Å². The summed E-state index contributed by atoms with van der Waals surface area (Å²) in [5.74, 6) is 1.81. The highest BCUT2D eigenvalue weighted by molar-refractivity contribution is 14.0. The Hall–Kier alpha value is -1.07. The Morgan fingerprint density at radius 1 is 1.03 bits per heavy atom. The van der Waals surface area contributed by atoms with Gasteiger partial charge in [-0.25, -0.2) is 17.7 Å². The average molecular weight is 578 g/mol. The van der Waals surface area contributed by atoms with Gasteiger partial charge in [0.05, 0.1) is 12.3 Å². The lowest BCUT2D eigenvalue weighted by Gasteiger charge is -2.32. The van der Waals surface area contributed by atoms with E-state index < -0.39 is 10.0 Å². The molecule has 2 aliphatic rings. The Balaban J connectivity index is 0.00000363. The Morgan fingerprint density at radius 3 is 2.22 bits per heavy atom. The van der Waals surface area contributed by atoms with Crippen LogP contribution in [-0.4, -0.2) is 63.2 Å². The molecule has 0 unspecified atom stereocenters. The number of aliphatic imine (C=N–C) groups is 1. The number of anilines is 1. The van der Waals surface area contributed by atoms with Crippen LogP contribution in [-0.2, 0) is 16.6 Å². The minimum Gasteiger partial charge on any atom is -0.372 e. The largest absolute Gasteiger partial charge is 0.372 e. The van der Waals surface area contributed by atoms with Crippen molar-refractivity contribution in [1.29, 1.82) is 0 Å². The third-order valence-electron chi connectivity index (χ3n) is 6.40. The molecule has 0 aromatic heterocycles. The Labute approximate surface area is 211 Å². The van der Waals surface area contributed by atoms with Gasteiger partial charge in [0.15, 0.2) is 5.96 Å². The molecule has 32 heavy (non-hydrogen) atoms. The van der Waals surface area contributed by atoms with Crippen LogP contribution >= 0.6 is 24.0 Å². The number of nitrogens with one attached hydrogen (secondary N) is 2. The predicted molar refractivity (Wildman–Crippen MR) is 144 cm³/mol. The highest BCUT2D eigenvalue weighted by Gasteiger charge is 2.27. The normalized spacial score (nSPS) is 19.5. The second-order valence-corrected chi connectivity index (χ2v) is 11.0. The van der Waals surface area contributed by atoms with E-state index in [1.807, 2.05) is 0 Å². The molecule has 0 aliphatic carbocycles. The van der Waals surface area contributed by atoms with Crippen LogP contribution in [0.2, 0.25) is 0 Å². The van der Waals surface area contributed by atoms with Gasteiger partial charge >= 0.3 is 0 Å². The number of hydrogen-bond donors (Lipinski definition) is 2. The van der Waals surface area contributed by atoms with Gasteiger partial charge in [-0.1, -0.05) is 19.1 Å². The van der Waals surface area contributed by atoms with Crippen LogP contribution in [0.25, 0.3) is 0 Å². The monoisotopic (exact) mass is 577 g/mol. The second kappa shape index (κ2) is 13.0. The van der Waals surface area contributed by atoms with Crippen molar-refractivity contribution >= 4 is 45.6 Å². The third-order valence-corrected chi connectivity index (χ3v) is 8.28. The van der Waals surface area contributed by atoms with Crippen LogP contribution < -0.4 is 15.5 Å². The summed E-state index contributed by atoms with van der Waals surface area (Å²) in [6.45, 7) is 10.9. The smallest absolute Gasteiger partial charge is 0.213 e. The highest BCUT2D eigenvalue weighted by Crippen LogP contribution is 2.23. The molecule has 0 atom stereocenters. The number of sulfonamides is 1. The maximum absolute atomic E-state index is 12.1. The summed E-state index contributed by atoms with van der Waals surface area (Å²) >= 11 is 0. The number of halogens is 1. The first kappa shape index (κ1) is 27.2. The number of benzene rings is 1. The van der Waals surface area contributed by atoms with Gasteiger partial charge < -0.3 is 15.5 Å². The third kappa shape index (κ3) is 7.76. The van der Waals surface area contributed by atoms with Crippen LogP contribution in [0.4, 0.5) is 5.69 Å². The van der Waals surface area contributed by atoms with Gasteiger partial charge in [-0.15, -0.1) is 24.0 Å². The molecule has 1 aromatic rings. The quantitative estimate of drug-likeness (QED) is 0.295. The fourth-order valence-electron chi connectivity index (χ4n) is 4.22. The molecule has 0 spiro atoms. The maximum atomic E-state index is 12.1. The van der Waals surface area contributed by atoms with Crippen LogP contribution in [0.3, 0.4) is 0 Å². The molecule has 2 fully saturated rings. The van der Waals surface area contributed by atoms with Crippen molar-refractivity contribution in [2.45, 2.75) is 59.0 Å². The fourth-order valence-corrected chi connectivity index (χ4v) is 5.36. The number of rotatable bonds is 7. The Morgan fingerprint density at radius 2 is 1.66 bits per heavy atom. The molecule has 2 heterocycles. The van der Waals surface area contributed by atoms with Crippen molar-refractivity contribution in [1.82, 2.24) is 14.9 Å². The molecule has 182 valence electrons. The van der Waals surface area contributed by atoms with Gasteiger partial charge in [-0.3, -0.25) is 0 Å². The fraction of sp³-hybridized carbons (Fsp3) is 0.696. The van der Waals surface area contributed by atoms with E-state index in [0.29, 0.717) is 19.6 Å². The first-order chi connectivity index (χ1) is 14.9. The zero-order valence-corrected chi connectivity index (χ0v) is 22.9. The Bertz CT molecular complexity index is 815. The van der Waals surface area contributed by atoms with Crippen LogP contribution in [0.5, 0.6) is 0 Å². The first-order valence-electron chi connectivity index (χ1n) is 11.8. The van der Waals surface area contributed by atoms with E-state index in [9.17, 15) is 8.42 Å². The van der Waals surface area contributed by atoms with Crippen molar-refractivity contribution in [2.75, 3.05) is 43.4 Å². The second-order valence-electron chi connectivity index (χ2n) is 8.75. The molecular formula is C23H40IN5O2S. The van der Waals surface area contributed by atoms with Crippen LogP contribution in [0, 0.1) is 5.92 Å². The molecule has 2 aliphatic heterocycles. The molecule has 2 N–H and O–H groups in total. The number of nitrogens with zero attached hydrogens (tertiary/aromatic N) is 3. The lowest BCUT2D eigenvalue weighted by atomic mass is 9.99. The van der Waals surface area contributed by atoms with Crippen molar-refractivity contribution in [3.8, 4) is 0 Å².